The van der Waals surface area contributed by atoms with Crippen LogP contribution in [0.2, 0.25) is 0 Å². The lowest BCUT2D eigenvalue weighted by Gasteiger charge is -2.23. The summed E-state index contributed by atoms with van der Waals surface area (Å²) in [7, 11) is 1.62. The Morgan fingerprint density at radius 2 is 1.92 bits per heavy atom. The molecule has 4 N–H and O–H groups in total. The van der Waals surface area contributed by atoms with Crippen LogP contribution < -0.4 is 15.4 Å². The van der Waals surface area contributed by atoms with Gasteiger partial charge in [0.2, 0.25) is 0 Å². The molecule has 0 radical (unpaired) electrons. The van der Waals surface area contributed by atoms with E-state index in [-0.39, 0.29) is 18.5 Å². The zero-order chi connectivity index (χ0) is 18.8. The second-order valence-corrected chi connectivity index (χ2v) is 6.25. The van der Waals surface area contributed by atoms with Crippen molar-refractivity contribution in [1.29, 1.82) is 0 Å². The minimum absolute atomic E-state index is 0.0344. The predicted molar refractivity (Wildman–Crippen MR) is 99.0 cm³/mol. The fourth-order valence-electron chi connectivity index (χ4n) is 2.03. The topological polar surface area (TPSA) is 100 Å². The van der Waals surface area contributed by atoms with Crippen molar-refractivity contribution >= 4 is 23.3 Å². The third kappa shape index (κ3) is 8.15. The van der Waals surface area contributed by atoms with Crippen LogP contribution in [-0.4, -0.2) is 53.7 Å². The van der Waals surface area contributed by atoms with Gasteiger partial charge in [-0.05, 0) is 24.6 Å². The zero-order valence-electron chi connectivity index (χ0n) is 14.7. The van der Waals surface area contributed by atoms with Crippen molar-refractivity contribution < 1.29 is 24.5 Å². The summed E-state index contributed by atoms with van der Waals surface area (Å²) >= 11 is 5.26. The molecular weight excluding hydrogens is 344 g/mol. The molecule has 1 aromatic rings. The third-order valence-corrected chi connectivity index (χ3v) is 4.13. The first-order valence-electron chi connectivity index (χ1n) is 7.99. The van der Waals surface area contributed by atoms with E-state index in [2.05, 4.69) is 10.6 Å². The molecule has 0 saturated heterocycles. The van der Waals surface area contributed by atoms with E-state index in [9.17, 15) is 9.90 Å². The van der Waals surface area contributed by atoms with Gasteiger partial charge < -0.3 is 30.3 Å². The highest BCUT2D eigenvalue weighted by atomic mass is 32.1. The minimum Gasteiger partial charge on any atom is -0.497 e. The first kappa shape index (κ1) is 21.1. The van der Waals surface area contributed by atoms with Gasteiger partial charge in [0.1, 0.15) is 5.75 Å². The summed E-state index contributed by atoms with van der Waals surface area (Å²) in [6.07, 6.45) is -2.06. The fourth-order valence-corrected chi connectivity index (χ4v) is 2.39. The lowest BCUT2D eigenvalue weighted by atomic mass is 10.0. The van der Waals surface area contributed by atoms with E-state index >= 15 is 0 Å². The molecule has 0 fully saturated rings. The molecule has 140 valence electrons. The van der Waals surface area contributed by atoms with Crippen LogP contribution >= 0.6 is 12.2 Å². The molecule has 1 aromatic carbocycles. The van der Waals surface area contributed by atoms with Crippen LogP contribution in [0.25, 0.3) is 0 Å². The van der Waals surface area contributed by atoms with Crippen LogP contribution in [0.1, 0.15) is 19.4 Å². The molecule has 0 aromatic heterocycles. The Kier molecular flexibility index (Phi) is 9.18. The number of nitrogens with one attached hydrogen (secondary N) is 2. The lowest BCUT2D eigenvalue weighted by Crippen LogP contribution is -2.44. The number of aliphatic hydroxyl groups is 1. The third-order valence-electron chi connectivity index (χ3n) is 3.64. The molecule has 25 heavy (non-hydrogen) atoms. The SMILES string of the molecule is COc1ccc(COC[C@H](C)NC(=S)[C@@H](C)[C@@H](O)CNC(=O)O)cc1. The van der Waals surface area contributed by atoms with E-state index in [4.69, 9.17) is 26.8 Å². The summed E-state index contributed by atoms with van der Waals surface area (Å²) in [4.78, 5) is 10.9. The van der Waals surface area contributed by atoms with E-state index in [0.29, 0.717) is 18.2 Å². The number of rotatable bonds is 10. The number of hydrogen-bond acceptors (Lipinski definition) is 5. The number of carbonyl (C=O) groups is 1. The number of carboxylic acid groups (broad SMARTS) is 1. The average Bonchev–Trinajstić information content (AvgIpc) is 2.59. The van der Waals surface area contributed by atoms with Gasteiger partial charge >= 0.3 is 6.09 Å². The Bertz CT molecular complexity index is 552. The van der Waals surface area contributed by atoms with Crippen LogP contribution in [0, 0.1) is 5.92 Å². The van der Waals surface area contributed by atoms with E-state index < -0.39 is 12.2 Å². The Morgan fingerprint density at radius 3 is 2.48 bits per heavy atom. The van der Waals surface area contributed by atoms with Crippen LogP contribution in [0.3, 0.4) is 0 Å². The van der Waals surface area contributed by atoms with Gasteiger partial charge in [-0.3, -0.25) is 0 Å². The number of methoxy groups -OCH3 is 1. The Morgan fingerprint density at radius 1 is 1.28 bits per heavy atom. The molecule has 8 heteroatoms. The smallest absolute Gasteiger partial charge is 0.404 e. The van der Waals surface area contributed by atoms with Gasteiger partial charge in [-0.25, -0.2) is 4.79 Å². The second-order valence-electron chi connectivity index (χ2n) is 5.81. The normalized spacial score (nSPS) is 14.2. The average molecular weight is 370 g/mol. The molecule has 3 atom stereocenters. The van der Waals surface area contributed by atoms with Crippen molar-refractivity contribution in [3.63, 3.8) is 0 Å². The molecule has 0 heterocycles. The molecule has 0 aliphatic heterocycles. The van der Waals surface area contributed by atoms with Crippen LogP contribution in [0.5, 0.6) is 5.75 Å². The monoisotopic (exact) mass is 370 g/mol. The number of aliphatic hydroxyl groups excluding tert-OH is 1. The molecule has 0 saturated carbocycles. The number of hydrogen-bond donors (Lipinski definition) is 4. The van der Waals surface area contributed by atoms with E-state index in [1.54, 1.807) is 14.0 Å². The van der Waals surface area contributed by atoms with Crippen LogP contribution in [-0.2, 0) is 11.3 Å². The maximum atomic E-state index is 10.5. The molecule has 1 amide bonds. The largest absolute Gasteiger partial charge is 0.497 e. The number of amides is 1. The van der Waals surface area contributed by atoms with Crippen molar-refractivity contribution in [2.24, 2.45) is 5.92 Å². The van der Waals surface area contributed by atoms with Crippen molar-refractivity contribution in [3.8, 4) is 5.75 Å². The molecule has 0 bridgehead atoms. The highest BCUT2D eigenvalue weighted by Crippen LogP contribution is 2.12. The zero-order valence-corrected chi connectivity index (χ0v) is 15.5. The van der Waals surface area contributed by atoms with Crippen LogP contribution in [0.15, 0.2) is 24.3 Å². The predicted octanol–water partition coefficient (Wildman–Crippen LogP) is 1.78. The molecule has 0 aliphatic rings. The molecule has 0 aliphatic carbocycles. The number of thiocarbonyl (C=S) groups is 1. The van der Waals surface area contributed by atoms with E-state index in [1.165, 1.54) is 0 Å². The van der Waals surface area contributed by atoms with E-state index in [1.807, 2.05) is 31.2 Å². The highest BCUT2D eigenvalue weighted by Gasteiger charge is 2.20. The summed E-state index contributed by atoms with van der Waals surface area (Å²) in [5.41, 5.74) is 1.04. The Hall–Kier alpha value is -1.90. The number of benzene rings is 1. The van der Waals surface area contributed by atoms with Crippen molar-refractivity contribution in [1.82, 2.24) is 10.6 Å². The molecule has 0 unspecified atom stereocenters. The minimum atomic E-state index is -1.18. The van der Waals surface area contributed by atoms with Gasteiger partial charge in [0.15, 0.2) is 0 Å². The summed E-state index contributed by atoms with van der Waals surface area (Å²) in [5.74, 6) is 0.431. The summed E-state index contributed by atoms with van der Waals surface area (Å²) in [5, 5.41) is 23.7. The lowest BCUT2D eigenvalue weighted by molar-refractivity contribution is 0.105. The van der Waals surface area contributed by atoms with Gasteiger partial charge in [0, 0.05) is 18.5 Å². The molecule has 1 rings (SSSR count). The molecular formula is C17H26N2O5S. The standard InChI is InChI=1S/C17H26N2O5S/c1-11(9-24-10-13-4-6-14(23-3)7-5-13)19-16(25)12(2)15(20)8-18-17(21)22/h4-7,11-12,15,18,20H,8-10H2,1-3H3,(H,19,25)(H,21,22)/t11-,12-,15-/m0/s1. The fraction of sp³-hybridized carbons (Fsp3) is 0.529. The van der Waals surface area contributed by atoms with Crippen LogP contribution in [0.4, 0.5) is 4.79 Å². The van der Waals surface area contributed by atoms with Gasteiger partial charge in [-0.15, -0.1) is 0 Å². The number of ether oxygens (including phenoxy) is 2. The van der Waals surface area contributed by atoms with E-state index in [0.717, 1.165) is 11.3 Å². The first-order chi connectivity index (χ1) is 11.8. The van der Waals surface area contributed by atoms with Gasteiger partial charge in [0.05, 0.1) is 31.4 Å². The van der Waals surface area contributed by atoms with Gasteiger partial charge in [-0.1, -0.05) is 31.3 Å². The Balaban J connectivity index is 2.30. The van der Waals surface area contributed by atoms with Crippen molar-refractivity contribution in [2.45, 2.75) is 32.6 Å². The molecule has 0 spiro atoms. The van der Waals surface area contributed by atoms with Crippen molar-refractivity contribution in [3.05, 3.63) is 29.8 Å². The van der Waals surface area contributed by atoms with Gasteiger partial charge in [0.25, 0.3) is 0 Å². The highest BCUT2D eigenvalue weighted by molar-refractivity contribution is 7.80. The first-order valence-corrected chi connectivity index (χ1v) is 8.40. The Labute approximate surface area is 153 Å². The molecule has 7 nitrogen and oxygen atoms in total. The van der Waals surface area contributed by atoms with Gasteiger partial charge in [-0.2, -0.15) is 0 Å². The second kappa shape index (κ2) is 10.9. The summed E-state index contributed by atoms with van der Waals surface area (Å²) < 4.78 is 10.8. The van der Waals surface area contributed by atoms with Crippen molar-refractivity contribution in [2.75, 3.05) is 20.3 Å². The summed E-state index contributed by atoms with van der Waals surface area (Å²) in [6, 6.07) is 7.60. The maximum Gasteiger partial charge on any atom is 0.404 e. The maximum absolute atomic E-state index is 10.5. The summed E-state index contributed by atoms with van der Waals surface area (Å²) in [6.45, 7) is 4.52. The quantitative estimate of drug-likeness (QED) is 0.466.